The SMILES string of the molecule is CC(=N[S+]([O-])C(C)(C)C)c1cc(NC(=O)OC(C)C)cc(C(F)F)c1F. The van der Waals surface area contributed by atoms with Crippen LogP contribution >= 0.6 is 0 Å². The van der Waals surface area contributed by atoms with Crippen molar-refractivity contribution in [3.05, 3.63) is 29.1 Å². The van der Waals surface area contributed by atoms with Crippen molar-refractivity contribution < 1.29 is 27.3 Å². The first-order chi connectivity index (χ1) is 11.8. The van der Waals surface area contributed by atoms with Crippen LogP contribution in [0.1, 0.15) is 59.1 Å². The Kier molecular flexibility index (Phi) is 7.52. The van der Waals surface area contributed by atoms with Gasteiger partial charge in [-0.05, 0) is 53.7 Å². The second kappa shape index (κ2) is 8.77. The predicted molar refractivity (Wildman–Crippen MR) is 96.7 cm³/mol. The third-order valence-corrected chi connectivity index (χ3v) is 4.55. The average molecular weight is 392 g/mol. The zero-order valence-electron chi connectivity index (χ0n) is 15.5. The van der Waals surface area contributed by atoms with Gasteiger partial charge in [-0.1, -0.05) is 4.40 Å². The van der Waals surface area contributed by atoms with Gasteiger partial charge in [0.1, 0.15) is 21.9 Å². The predicted octanol–water partition coefficient (Wildman–Crippen LogP) is 4.99. The molecule has 5 nitrogen and oxygen atoms in total. The molecule has 1 unspecified atom stereocenters. The van der Waals surface area contributed by atoms with Gasteiger partial charge in [0.25, 0.3) is 6.43 Å². The molecule has 0 saturated heterocycles. The Hall–Kier alpha value is -1.74. The number of hydrogen-bond acceptors (Lipinski definition) is 4. The van der Waals surface area contributed by atoms with E-state index >= 15 is 0 Å². The standard InChI is InChI=1S/C17H23F3N2O3S/c1-9(2)25-16(23)21-11-7-12(14(18)13(8-11)15(19)20)10(3)22-26(24)17(4,5)6/h7-9,15H,1-6H3,(H,21,23). The second-order valence-corrected chi connectivity index (χ2v) is 8.75. The van der Waals surface area contributed by atoms with Gasteiger partial charge in [0, 0.05) is 11.3 Å². The molecule has 146 valence electrons. The maximum absolute atomic E-state index is 14.4. The van der Waals surface area contributed by atoms with Crippen LogP contribution < -0.4 is 5.32 Å². The smallest absolute Gasteiger partial charge is 0.411 e. The summed E-state index contributed by atoms with van der Waals surface area (Å²) in [5, 5.41) is 2.28. The van der Waals surface area contributed by atoms with Crippen molar-refractivity contribution in [3.63, 3.8) is 0 Å². The number of alkyl halides is 2. The Morgan fingerprint density at radius 3 is 2.35 bits per heavy atom. The van der Waals surface area contributed by atoms with E-state index in [0.717, 1.165) is 12.1 Å². The van der Waals surface area contributed by atoms with Crippen molar-refractivity contribution in [2.45, 2.75) is 58.8 Å². The highest BCUT2D eigenvalue weighted by Crippen LogP contribution is 2.29. The Morgan fingerprint density at radius 1 is 1.31 bits per heavy atom. The molecule has 1 aromatic carbocycles. The highest BCUT2D eigenvalue weighted by molar-refractivity contribution is 7.91. The summed E-state index contributed by atoms with van der Waals surface area (Å²) < 4.78 is 61.0. The topological polar surface area (TPSA) is 73.8 Å². The molecule has 9 heteroatoms. The first-order valence-electron chi connectivity index (χ1n) is 7.89. The van der Waals surface area contributed by atoms with E-state index in [9.17, 15) is 22.5 Å². The number of nitrogens with one attached hydrogen (secondary N) is 1. The Morgan fingerprint density at radius 2 is 1.88 bits per heavy atom. The zero-order valence-corrected chi connectivity index (χ0v) is 16.3. The zero-order chi connectivity index (χ0) is 20.2. The van der Waals surface area contributed by atoms with Gasteiger partial charge in [-0.3, -0.25) is 5.32 Å². The number of hydrogen-bond donors (Lipinski definition) is 1. The lowest BCUT2D eigenvalue weighted by atomic mass is 10.0. The van der Waals surface area contributed by atoms with Gasteiger partial charge >= 0.3 is 6.09 Å². The van der Waals surface area contributed by atoms with Crippen LogP contribution in [0.3, 0.4) is 0 Å². The molecular weight excluding hydrogens is 369 g/mol. The van der Waals surface area contributed by atoms with Crippen molar-refractivity contribution in [3.8, 4) is 0 Å². The van der Waals surface area contributed by atoms with Crippen LogP contribution in [0.15, 0.2) is 16.5 Å². The summed E-state index contributed by atoms with van der Waals surface area (Å²) in [7, 11) is 0. The molecule has 1 amide bonds. The third kappa shape index (κ3) is 6.21. The fourth-order valence-corrected chi connectivity index (χ4v) is 2.43. The van der Waals surface area contributed by atoms with Crippen LogP contribution in [0.2, 0.25) is 0 Å². The molecule has 0 aliphatic carbocycles. The summed E-state index contributed by atoms with van der Waals surface area (Å²) in [5.74, 6) is -1.17. The molecule has 1 N–H and O–H groups in total. The Balaban J connectivity index is 3.33. The number of halogens is 3. The Labute approximate surface area is 154 Å². The molecule has 0 aromatic heterocycles. The van der Waals surface area contributed by atoms with E-state index in [-0.39, 0.29) is 17.0 Å². The molecular formula is C17H23F3N2O3S. The molecule has 1 atom stereocenters. The van der Waals surface area contributed by atoms with E-state index in [1.54, 1.807) is 34.6 Å². The lowest BCUT2D eigenvalue weighted by Crippen LogP contribution is -2.27. The summed E-state index contributed by atoms with van der Waals surface area (Å²) in [6.07, 6.45) is -4.37. The molecule has 26 heavy (non-hydrogen) atoms. The van der Waals surface area contributed by atoms with E-state index < -0.39 is 46.1 Å². The van der Waals surface area contributed by atoms with Crippen LogP contribution in [0.5, 0.6) is 0 Å². The number of carbonyl (C=O) groups excluding carboxylic acids is 1. The van der Waals surface area contributed by atoms with Crippen LogP contribution in [0.4, 0.5) is 23.7 Å². The highest BCUT2D eigenvalue weighted by Gasteiger charge is 2.28. The molecule has 1 aromatic rings. The normalized spacial score (nSPS) is 13.9. The maximum Gasteiger partial charge on any atom is 0.411 e. The molecule has 1 rings (SSSR count). The van der Waals surface area contributed by atoms with Gasteiger partial charge in [-0.2, -0.15) is 0 Å². The summed E-state index contributed by atoms with van der Waals surface area (Å²) >= 11 is -1.70. The maximum atomic E-state index is 14.4. The van der Waals surface area contributed by atoms with Gasteiger partial charge < -0.3 is 9.29 Å². The van der Waals surface area contributed by atoms with Gasteiger partial charge in [0.2, 0.25) is 0 Å². The van der Waals surface area contributed by atoms with E-state index in [1.807, 2.05) is 0 Å². The van der Waals surface area contributed by atoms with Crippen molar-refractivity contribution in [1.29, 1.82) is 0 Å². The molecule has 0 aliphatic rings. The minimum atomic E-state index is -3.10. The minimum Gasteiger partial charge on any atom is -0.591 e. The van der Waals surface area contributed by atoms with E-state index in [0.29, 0.717) is 0 Å². The third-order valence-electron chi connectivity index (χ3n) is 3.06. The average Bonchev–Trinajstić information content (AvgIpc) is 2.46. The molecule has 0 saturated carbocycles. The minimum absolute atomic E-state index is 0.0152. The van der Waals surface area contributed by atoms with Gasteiger partial charge in [0.05, 0.1) is 17.4 Å². The first kappa shape index (κ1) is 22.3. The molecule has 0 spiro atoms. The fourth-order valence-electron chi connectivity index (χ4n) is 1.81. The van der Waals surface area contributed by atoms with Crippen LogP contribution in [-0.4, -0.2) is 27.2 Å². The number of ether oxygens (including phenoxy) is 1. The molecule has 0 bridgehead atoms. The van der Waals surface area contributed by atoms with Crippen LogP contribution in [-0.2, 0) is 16.1 Å². The van der Waals surface area contributed by atoms with E-state index in [4.69, 9.17) is 4.74 Å². The number of nitrogens with zero attached hydrogens (tertiary/aromatic N) is 1. The fraction of sp³-hybridized carbons (Fsp3) is 0.529. The number of rotatable bonds is 5. The van der Waals surface area contributed by atoms with E-state index in [1.165, 1.54) is 6.92 Å². The van der Waals surface area contributed by atoms with Gasteiger partial charge in [0.15, 0.2) is 0 Å². The molecule has 0 heterocycles. The lowest BCUT2D eigenvalue weighted by Gasteiger charge is -2.19. The number of amides is 1. The highest BCUT2D eigenvalue weighted by atomic mass is 32.2. The van der Waals surface area contributed by atoms with Crippen LogP contribution in [0, 0.1) is 5.82 Å². The summed E-state index contributed by atoms with van der Waals surface area (Å²) in [6.45, 7) is 9.66. The van der Waals surface area contributed by atoms with Crippen molar-refractivity contribution in [1.82, 2.24) is 0 Å². The number of carbonyl (C=O) groups is 1. The van der Waals surface area contributed by atoms with Crippen LogP contribution in [0.25, 0.3) is 0 Å². The number of anilines is 1. The molecule has 0 fully saturated rings. The van der Waals surface area contributed by atoms with Crippen molar-refractivity contribution in [2.75, 3.05) is 5.32 Å². The van der Waals surface area contributed by atoms with Crippen molar-refractivity contribution in [2.24, 2.45) is 4.40 Å². The summed E-state index contributed by atoms with van der Waals surface area (Å²) in [6, 6.07) is 1.99. The number of benzene rings is 1. The largest absolute Gasteiger partial charge is 0.591 e. The monoisotopic (exact) mass is 392 g/mol. The molecule has 0 radical (unpaired) electrons. The second-order valence-electron chi connectivity index (χ2n) is 6.85. The van der Waals surface area contributed by atoms with Gasteiger partial charge in [-0.25, -0.2) is 18.0 Å². The summed E-state index contributed by atoms with van der Waals surface area (Å²) in [5.41, 5.74) is -1.24. The van der Waals surface area contributed by atoms with Crippen molar-refractivity contribution >= 4 is 28.9 Å². The first-order valence-corrected chi connectivity index (χ1v) is 9.00. The van der Waals surface area contributed by atoms with E-state index in [2.05, 4.69) is 9.71 Å². The lowest BCUT2D eigenvalue weighted by molar-refractivity contribution is 0.129. The molecule has 0 aliphatic heterocycles. The van der Waals surface area contributed by atoms with Gasteiger partial charge in [-0.15, -0.1) is 0 Å². The summed E-state index contributed by atoms with van der Waals surface area (Å²) in [4.78, 5) is 11.7. The Bertz CT molecular complexity index is 689. The quantitative estimate of drug-likeness (QED) is 0.567.